The minimum atomic E-state index is -0.141. The molecule has 1 amide bonds. The Labute approximate surface area is 138 Å². The van der Waals surface area contributed by atoms with Gasteiger partial charge in [-0.2, -0.15) is 5.26 Å². The van der Waals surface area contributed by atoms with Crippen molar-refractivity contribution in [2.45, 2.75) is 44.8 Å². The lowest BCUT2D eigenvalue weighted by Gasteiger charge is -2.46. The number of nitriles is 1. The molecule has 0 aromatic carbocycles. The quantitative estimate of drug-likeness (QED) is 0.766. The summed E-state index contributed by atoms with van der Waals surface area (Å²) < 4.78 is 0. The lowest BCUT2D eigenvalue weighted by atomic mass is 9.79. The zero-order chi connectivity index (χ0) is 16.4. The molecule has 6 nitrogen and oxygen atoms in total. The van der Waals surface area contributed by atoms with Crippen molar-refractivity contribution in [2.75, 3.05) is 39.3 Å². The molecule has 3 rings (SSSR count). The second-order valence-corrected chi connectivity index (χ2v) is 7.43. The summed E-state index contributed by atoms with van der Waals surface area (Å²) in [6.45, 7) is 6.87. The Kier molecular flexibility index (Phi) is 5.08. The normalized spacial score (nSPS) is 34.0. The van der Waals surface area contributed by atoms with Gasteiger partial charge >= 0.3 is 0 Å². The topological polar surface area (TPSA) is 70.8 Å². The Bertz CT molecular complexity index is 470. The van der Waals surface area contributed by atoms with Crippen LogP contribution in [0.1, 0.15) is 32.6 Å². The summed E-state index contributed by atoms with van der Waals surface area (Å²) in [5.74, 6) is 1.29. The fourth-order valence-electron chi connectivity index (χ4n) is 4.33. The Hall–Kier alpha value is -1.32. The number of amides is 1. The molecule has 6 heteroatoms. The van der Waals surface area contributed by atoms with Crippen LogP contribution in [0.3, 0.4) is 0 Å². The molecule has 0 bridgehead atoms. The number of fused-ring (bicyclic) bond motifs is 1. The molecule has 0 aromatic rings. The molecule has 0 radical (unpaired) electrons. The van der Waals surface area contributed by atoms with Gasteiger partial charge in [0.05, 0.1) is 12.6 Å². The van der Waals surface area contributed by atoms with Gasteiger partial charge in [0.25, 0.3) is 0 Å². The van der Waals surface area contributed by atoms with E-state index < -0.39 is 0 Å². The molecule has 0 spiro atoms. The van der Waals surface area contributed by atoms with Crippen molar-refractivity contribution in [2.24, 2.45) is 11.8 Å². The Morgan fingerprint density at radius 1 is 1.22 bits per heavy atom. The fraction of sp³-hybridized carbons (Fsp3) is 0.882. The number of nitrogens with zero attached hydrogens (tertiary/aromatic N) is 4. The molecular formula is C17H28N4O2. The molecule has 2 atom stereocenters. The Balaban J connectivity index is 1.56. The van der Waals surface area contributed by atoms with E-state index in [9.17, 15) is 9.90 Å². The first-order chi connectivity index (χ1) is 11.1. The van der Waals surface area contributed by atoms with Crippen LogP contribution in [0.25, 0.3) is 0 Å². The first-order valence-electron chi connectivity index (χ1n) is 8.94. The van der Waals surface area contributed by atoms with Gasteiger partial charge in [-0.25, -0.2) is 0 Å². The van der Waals surface area contributed by atoms with Crippen LogP contribution in [0.4, 0.5) is 0 Å². The van der Waals surface area contributed by atoms with Crippen LogP contribution in [0, 0.1) is 23.3 Å². The lowest BCUT2D eigenvalue weighted by Crippen LogP contribution is -2.64. The fourth-order valence-corrected chi connectivity index (χ4v) is 4.33. The van der Waals surface area contributed by atoms with Crippen LogP contribution >= 0.6 is 0 Å². The van der Waals surface area contributed by atoms with E-state index in [2.05, 4.69) is 18.0 Å². The van der Waals surface area contributed by atoms with Crippen LogP contribution in [-0.4, -0.2) is 77.1 Å². The second-order valence-electron chi connectivity index (χ2n) is 7.43. The monoisotopic (exact) mass is 320 g/mol. The molecule has 2 aliphatic heterocycles. The highest BCUT2D eigenvalue weighted by Gasteiger charge is 2.39. The lowest BCUT2D eigenvalue weighted by molar-refractivity contribution is -0.145. The van der Waals surface area contributed by atoms with Gasteiger partial charge in [-0.05, 0) is 37.5 Å². The number of hydrogen-bond acceptors (Lipinski definition) is 5. The Morgan fingerprint density at radius 3 is 2.61 bits per heavy atom. The third-order valence-electron chi connectivity index (χ3n) is 5.94. The molecule has 128 valence electrons. The highest BCUT2D eigenvalue weighted by Crippen LogP contribution is 2.31. The van der Waals surface area contributed by atoms with Gasteiger partial charge in [0, 0.05) is 32.7 Å². The molecular weight excluding hydrogens is 292 g/mol. The third-order valence-corrected chi connectivity index (χ3v) is 5.94. The van der Waals surface area contributed by atoms with Crippen LogP contribution < -0.4 is 0 Å². The maximum absolute atomic E-state index is 12.8. The van der Waals surface area contributed by atoms with Crippen LogP contribution in [0.2, 0.25) is 0 Å². The van der Waals surface area contributed by atoms with Gasteiger partial charge in [0.2, 0.25) is 5.91 Å². The number of hydrogen-bond donors (Lipinski definition) is 1. The van der Waals surface area contributed by atoms with E-state index in [0.717, 1.165) is 58.4 Å². The summed E-state index contributed by atoms with van der Waals surface area (Å²) in [6.07, 6.45) is 6.00. The zero-order valence-electron chi connectivity index (χ0n) is 14.0. The molecule has 0 aromatic heterocycles. The van der Waals surface area contributed by atoms with E-state index in [1.165, 1.54) is 0 Å². The van der Waals surface area contributed by atoms with E-state index in [0.29, 0.717) is 18.4 Å². The summed E-state index contributed by atoms with van der Waals surface area (Å²) in [6, 6.07) is -0.141. The molecule has 3 fully saturated rings. The molecule has 1 aliphatic carbocycles. The van der Waals surface area contributed by atoms with Crippen molar-refractivity contribution in [3.8, 4) is 6.19 Å². The van der Waals surface area contributed by atoms with E-state index >= 15 is 0 Å². The van der Waals surface area contributed by atoms with Crippen LogP contribution in [0.15, 0.2) is 0 Å². The summed E-state index contributed by atoms with van der Waals surface area (Å²) >= 11 is 0. The number of aliphatic hydroxyl groups excluding tert-OH is 1. The van der Waals surface area contributed by atoms with E-state index in [-0.39, 0.29) is 18.1 Å². The Morgan fingerprint density at radius 2 is 1.91 bits per heavy atom. The maximum atomic E-state index is 12.8. The van der Waals surface area contributed by atoms with Gasteiger partial charge in [0.15, 0.2) is 6.19 Å². The largest absolute Gasteiger partial charge is 0.393 e. The molecule has 1 saturated carbocycles. The molecule has 2 heterocycles. The predicted octanol–water partition coefficient (Wildman–Crippen LogP) is 0.483. The molecule has 1 unspecified atom stereocenters. The minimum absolute atomic E-state index is 0.122. The van der Waals surface area contributed by atoms with Crippen molar-refractivity contribution >= 4 is 5.91 Å². The van der Waals surface area contributed by atoms with E-state index in [4.69, 9.17) is 5.26 Å². The van der Waals surface area contributed by atoms with Crippen molar-refractivity contribution in [3.63, 3.8) is 0 Å². The second kappa shape index (κ2) is 7.06. The first-order valence-corrected chi connectivity index (χ1v) is 8.94. The number of aliphatic hydroxyl groups is 1. The van der Waals surface area contributed by atoms with Crippen LogP contribution in [-0.2, 0) is 4.79 Å². The van der Waals surface area contributed by atoms with Gasteiger partial charge < -0.3 is 14.9 Å². The average Bonchev–Trinajstić information content (AvgIpc) is 2.57. The van der Waals surface area contributed by atoms with Crippen molar-refractivity contribution in [3.05, 3.63) is 0 Å². The molecule has 3 aliphatic rings. The number of rotatable bonds is 3. The smallest absolute Gasteiger partial charge is 0.241 e. The SMILES string of the molecule is CC(CN1CCN2CCN(C#N)C[C@@H]2C1=O)C1CCC(O)CC1. The predicted molar refractivity (Wildman–Crippen MR) is 86.3 cm³/mol. The van der Waals surface area contributed by atoms with E-state index in [1.54, 1.807) is 4.90 Å². The number of piperazine rings is 2. The van der Waals surface area contributed by atoms with Crippen molar-refractivity contribution in [1.82, 2.24) is 14.7 Å². The summed E-state index contributed by atoms with van der Waals surface area (Å²) in [5, 5.41) is 18.7. The highest BCUT2D eigenvalue weighted by atomic mass is 16.3. The van der Waals surface area contributed by atoms with Crippen molar-refractivity contribution < 1.29 is 9.90 Å². The van der Waals surface area contributed by atoms with Gasteiger partial charge in [-0.1, -0.05) is 6.92 Å². The minimum Gasteiger partial charge on any atom is -0.393 e. The first kappa shape index (κ1) is 16.5. The molecule has 23 heavy (non-hydrogen) atoms. The van der Waals surface area contributed by atoms with Gasteiger partial charge in [-0.3, -0.25) is 9.69 Å². The zero-order valence-corrected chi connectivity index (χ0v) is 14.0. The molecule has 1 N–H and O–H groups in total. The standard InChI is InChI=1S/C17H28N4O2/c1-13(14-2-4-15(22)5-3-14)10-21-9-8-20-7-6-19(12-18)11-16(20)17(21)23/h13-16,22H,2-11H2,1H3/t13?,14?,15?,16-/m1/s1. The maximum Gasteiger partial charge on any atom is 0.241 e. The average molecular weight is 320 g/mol. The van der Waals surface area contributed by atoms with E-state index in [1.807, 2.05) is 4.90 Å². The highest BCUT2D eigenvalue weighted by molar-refractivity contribution is 5.83. The summed E-state index contributed by atoms with van der Waals surface area (Å²) in [5.41, 5.74) is 0. The van der Waals surface area contributed by atoms with Gasteiger partial charge in [-0.15, -0.1) is 0 Å². The number of carbonyl (C=O) groups excluding carboxylic acids is 1. The molecule has 2 saturated heterocycles. The third kappa shape index (κ3) is 3.61. The number of carbonyl (C=O) groups is 1. The summed E-state index contributed by atoms with van der Waals surface area (Å²) in [4.78, 5) is 18.7. The van der Waals surface area contributed by atoms with Crippen molar-refractivity contribution in [1.29, 1.82) is 5.26 Å². The summed E-state index contributed by atoms with van der Waals surface area (Å²) in [7, 11) is 0. The van der Waals surface area contributed by atoms with Crippen LogP contribution in [0.5, 0.6) is 0 Å². The van der Waals surface area contributed by atoms with Gasteiger partial charge in [0.1, 0.15) is 6.04 Å².